The van der Waals surface area contributed by atoms with Crippen LogP contribution in [-0.4, -0.2) is 41.3 Å². The molecule has 6 heteroatoms. The number of hydrogen-bond acceptors (Lipinski definition) is 4. The smallest absolute Gasteiger partial charge is 0.224 e. The van der Waals surface area contributed by atoms with Crippen LogP contribution in [0.15, 0.2) is 36.4 Å². The second-order valence-corrected chi connectivity index (χ2v) is 6.65. The number of rotatable bonds is 9. The fourth-order valence-corrected chi connectivity index (χ4v) is 2.92. The van der Waals surface area contributed by atoms with Crippen molar-refractivity contribution < 1.29 is 23.9 Å². The molecule has 0 aromatic heterocycles. The van der Waals surface area contributed by atoms with Gasteiger partial charge >= 0.3 is 0 Å². The van der Waals surface area contributed by atoms with Gasteiger partial charge in [0.1, 0.15) is 6.54 Å². The van der Waals surface area contributed by atoms with E-state index in [4.69, 9.17) is 14.2 Å². The molecule has 0 heterocycles. The first-order valence-electron chi connectivity index (χ1n) is 8.89. The molecule has 2 N–H and O–H groups in total. The molecule has 0 saturated heterocycles. The summed E-state index contributed by atoms with van der Waals surface area (Å²) in [5.41, 5.74) is 3.09. The Labute approximate surface area is 161 Å². The Morgan fingerprint density at radius 2 is 1.52 bits per heavy atom. The molecule has 146 valence electrons. The maximum Gasteiger partial charge on any atom is 0.224 e. The molecule has 1 amide bonds. The van der Waals surface area contributed by atoms with Crippen molar-refractivity contribution in [3.05, 3.63) is 53.1 Å². The molecule has 0 atom stereocenters. The molecule has 2 rings (SSSR count). The molecular weight excluding hydrogens is 344 g/mol. The zero-order chi connectivity index (χ0) is 19.8. The normalized spacial score (nSPS) is 10.6. The lowest BCUT2D eigenvalue weighted by molar-refractivity contribution is -0.872. The Balaban J connectivity index is 1.99. The zero-order valence-corrected chi connectivity index (χ0v) is 16.7. The van der Waals surface area contributed by atoms with Crippen molar-refractivity contribution in [3.8, 4) is 17.2 Å². The number of benzene rings is 2. The molecule has 2 aromatic rings. The topological polar surface area (TPSA) is 61.2 Å². The number of quaternary nitrogens is 1. The first-order chi connectivity index (χ1) is 13.0. The van der Waals surface area contributed by atoms with E-state index >= 15 is 0 Å². The van der Waals surface area contributed by atoms with Crippen molar-refractivity contribution >= 4 is 5.91 Å². The van der Waals surface area contributed by atoms with Crippen molar-refractivity contribution in [2.45, 2.75) is 19.5 Å². The highest BCUT2D eigenvalue weighted by atomic mass is 16.5. The number of carbonyl (C=O) groups is 1. The van der Waals surface area contributed by atoms with Crippen LogP contribution >= 0.6 is 0 Å². The summed E-state index contributed by atoms with van der Waals surface area (Å²) in [6.45, 7) is 1.47. The molecule has 27 heavy (non-hydrogen) atoms. The van der Waals surface area contributed by atoms with Gasteiger partial charge in [0.15, 0.2) is 11.5 Å². The monoisotopic (exact) mass is 373 g/mol. The number of ether oxygens (including phenoxy) is 3. The van der Waals surface area contributed by atoms with Gasteiger partial charge in [0.05, 0.1) is 41.8 Å². The van der Waals surface area contributed by atoms with E-state index in [1.54, 1.807) is 27.4 Å². The molecule has 0 aliphatic carbocycles. The van der Waals surface area contributed by atoms with Gasteiger partial charge in [0.2, 0.25) is 11.7 Å². The number of carbonyl (C=O) groups excluding carboxylic acids is 1. The van der Waals surface area contributed by atoms with Crippen LogP contribution in [-0.2, 0) is 24.3 Å². The van der Waals surface area contributed by atoms with Crippen LogP contribution in [0.4, 0.5) is 0 Å². The molecular formula is C21H29N2O4+. The predicted molar refractivity (Wildman–Crippen MR) is 105 cm³/mol. The van der Waals surface area contributed by atoms with Crippen LogP contribution < -0.4 is 24.4 Å². The SMILES string of the molecule is COc1ccc(CC(=O)NCc2ccc(C[NH+](C)C)cc2)c(OC)c1OC. The largest absolute Gasteiger partial charge is 0.493 e. The summed E-state index contributed by atoms with van der Waals surface area (Å²) in [7, 11) is 8.91. The second kappa shape index (κ2) is 9.83. The van der Waals surface area contributed by atoms with Crippen LogP contribution in [0.2, 0.25) is 0 Å². The molecule has 0 unspecified atom stereocenters. The van der Waals surface area contributed by atoms with E-state index in [0.717, 1.165) is 17.7 Å². The van der Waals surface area contributed by atoms with Crippen LogP contribution in [0, 0.1) is 0 Å². The van der Waals surface area contributed by atoms with Crippen molar-refractivity contribution in [1.29, 1.82) is 0 Å². The van der Waals surface area contributed by atoms with E-state index in [1.165, 1.54) is 10.5 Å². The molecule has 0 spiro atoms. The maximum atomic E-state index is 12.4. The van der Waals surface area contributed by atoms with E-state index < -0.39 is 0 Å². The van der Waals surface area contributed by atoms with Gasteiger partial charge in [-0.1, -0.05) is 30.3 Å². The van der Waals surface area contributed by atoms with Crippen LogP contribution in [0.1, 0.15) is 16.7 Å². The minimum atomic E-state index is -0.0812. The van der Waals surface area contributed by atoms with Crippen LogP contribution in [0.3, 0.4) is 0 Å². The van der Waals surface area contributed by atoms with E-state index in [2.05, 4.69) is 43.7 Å². The molecule has 6 nitrogen and oxygen atoms in total. The van der Waals surface area contributed by atoms with Gasteiger partial charge in [0.25, 0.3) is 0 Å². The first kappa shape index (κ1) is 20.6. The van der Waals surface area contributed by atoms with Gasteiger partial charge in [-0.05, 0) is 11.6 Å². The minimum Gasteiger partial charge on any atom is -0.493 e. The summed E-state index contributed by atoms with van der Waals surface area (Å²) in [6.07, 6.45) is 0.200. The average molecular weight is 373 g/mol. The minimum absolute atomic E-state index is 0.0812. The number of methoxy groups -OCH3 is 3. The van der Waals surface area contributed by atoms with Crippen molar-refractivity contribution in [2.75, 3.05) is 35.4 Å². The lowest BCUT2D eigenvalue weighted by Crippen LogP contribution is -3.04. The van der Waals surface area contributed by atoms with E-state index in [0.29, 0.717) is 23.8 Å². The highest BCUT2D eigenvalue weighted by molar-refractivity contribution is 5.80. The number of hydrogen-bond donors (Lipinski definition) is 2. The summed E-state index contributed by atoms with van der Waals surface area (Å²) >= 11 is 0. The third kappa shape index (κ3) is 5.62. The van der Waals surface area contributed by atoms with E-state index in [1.807, 2.05) is 6.07 Å². The Hall–Kier alpha value is -2.73. The van der Waals surface area contributed by atoms with Gasteiger partial charge in [-0.2, -0.15) is 0 Å². The van der Waals surface area contributed by atoms with Crippen molar-refractivity contribution in [1.82, 2.24) is 5.32 Å². The zero-order valence-electron chi connectivity index (χ0n) is 16.7. The predicted octanol–water partition coefficient (Wildman–Crippen LogP) is 1.22. The van der Waals surface area contributed by atoms with Crippen molar-refractivity contribution in [2.24, 2.45) is 0 Å². The summed E-state index contributed by atoms with van der Waals surface area (Å²) < 4.78 is 16.1. The third-order valence-corrected chi connectivity index (χ3v) is 4.21. The quantitative estimate of drug-likeness (QED) is 0.694. The molecule has 0 aliphatic heterocycles. The third-order valence-electron chi connectivity index (χ3n) is 4.21. The fraction of sp³-hybridized carbons (Fsp3) is 0.381. The Morgan fingerprint density at radius 1 is 0.889 bits per heavy atom. The van der Waals surface area contributed by atoms with Gasteiger partial charge in [-0.3, -0.25) is 4.79 Å². The molecule has 0 radical (unpaired) electrons. The molecule has 0 bridgehead atoms. The highest BCUT2D eigenvalue weighted by Gasteiger charge is 2.17. The molecule has 0 saturated carbocycles. The average Bonchev–Trinajstić information content (AvgIpc) is 2.66. The lowest BCUT2D eigenvalue weighted by Gasteiger charge is -2.15. The van der Waals surface area contributed by atoms with Crippen LogP contribution in [0.5, 0.6) is 17.2 Å². The highest BCUT2D eigenvalue weighted by Crippen LogP contribution is 2.39. The van der Waals surface area contributed by atoms with Crippen molar-refractivity contribution in [3.63, 3.8) is 0 Å². The molecule has 0 aliphatic rings. The number of amides is 1. The standard InChI is InChI=1S/C21H28N2O4/c1-23(2)14-16-8-6-15(7-9-16)13-22-19(24)12-17-10-11-18(25-3)21(27-5)20(17)26-4/h6-11H,12-14H2,1-5H3,(H,22,24)/p+1. The number of nitrogens with one attached hydrogen (secondary N) is 2. The lowest BCUT2D eigenvalue weighted by atomic mass is 10.1. The Bertz CT molecular complexity index is 758. The van der Waals surface area contributed by atoms with E-state index in [9.17, 15) is 4.79 Å². The van der Waals surface area contributed by atoms with E-state index in [-0.39, 0.29) is 12.3 Å². The second-order valence-electron chi connectivity index (χ2n) is 6.65. The molecule has 0 fully saturated rings. The summed E-state index contributed by atoms with van der Waals surface area (Å²) in [4.78, 5) is 13.8. The fourth-order valence-electron chi connectivity index (χ4n) is 2.92. The van der Waals surface area contributed by atoms with Gasteiger partial charge in [-0.15, -0.1) is 0 Å². The Morgan fingerprint density at radius 3 is 2.07 bits per heavy atom. The summed E-state index contributed by atoms with van der Waals surface area (Å²) in [5.74, 6) is 1.49. The Kier molecular flexibility index (Phi) is 7.49. The molecule has 2 aromatic carbocycles. The summed E-state index contributed by atoms with van der Waals surface area (Å²) in [6, 6.07) is 11.9. The first-order valence-corrected chi connectivity index (χ1v) is 8.89. The summed E-state index contributed by atoms with van der Waals surface area (Å²) in [5, 5.41) is 2.95. The van der Waals surface area contributed by atoms with Crippen LogP contribution in [0.25, 0.3) is 0 Å². The van der Waals surface area contributed by atoms with Gasteiger partial charge in [-0.25, -0.2) is 0 Å². The van der Waals surface area contributed by atoms with Gasteiger partial charge < -0.3 is 24.4 Å². The maximum absolute atomic E-state index is 12.4. The van der Waals surface area contributed by atoms with Gasteiger partial charge in [0, 0.05) is 17.7 Å².